The number of benzene rings is 3. The third-order valence-corrected chi connectivity index (χ3v) is 15.0. The number of ether oxygens (including phenoxy) is 4. The van der Waals surface area contributed by atoms with Gasteiger partial charge >= 0.3 is 0 Å². The summed E-state index contributed by atoms with van der Waals surface area (Å²) in [7, 11) is 3.51. The zero-order valence-electron chi connectivity index (χ0n) is 47.7. The molecule has 3 aromatic rings. The van der Waals surface area contributed by atoms with Gasteiger partial charge in [0.2, 0.25) is 0 Å². The fourth-order valence-electron chi connectivity index (χ4n) is 6.73. The molecule has 0 bridgehead atoms. The van der Waals surface area contributed by atoms with Gasteiger partial charge in [-0.1, -0.05) is 150 Å². The van der Waals surface area contributed by atoms with Crippen LogP contribution in [0.4, 0.5) is 0 Å². The molecule has 0 fully saturated rings. The molecule has 6 nitrogen and oxygen atoms in total. The Morgan fingerprint density at radius 1 is 0.406 bits per heavy atom. The first-order valence-corrected chi connectivity index (χ1v) is 28.3. The fraction of sp³-hybridized carbons (Fsp3) is 0.667. The monoisotopic (exact) mass is 1050 g/mol. The van der Waals surface area contributed by atoms with Crippen molar-refractivity contribution < 1.29 is 28.5 Å². The van der Waals surface area contributed by atoms with Gasteiger partial charge in [0.05, 0.1) is 48.8 Å². The van der Waals surface area contributed by atoms with Crippen molar-refractivity contribution in [3.8, 4) is 0 Å². The molecule has 0 saturated heterocycles. The van der Waals surface area contributed by atoms with E-state index >= 15 is 0 Å². The first-order valence-electron chi connectivity index (χ1n) is 25.3. The molecule has 0 atom stereocenters. The molecule has 3 rings (SSSR count). The molecular formula is C60H95BrO6S2. The first kappa shape index (κ1) is 63.1. The maximum atomic E-state index is 12.5. The normalized spacial score (nSPS) is 13.1. The highest BCUT2D eigenvalue weighted by Crippen LogP contribution is 2.47. The summed E-state index contributed by atoms with van der Waals surface area (Å²) in [5.74, 6) is 0.543. The number of ketones is 2. The molecule has 0 radical (unpaired) electrons. The number of hydrogen-bond donors (Lipinski definition) is 0. The number of halogens is 1. The highest BCUT2D eigenvalue weighted by atomic mass is 79.9. The summed E-state index contributed by atoms with van der Waals surface area (Å²) in [6.07, 6.45) is 3.51. The molecule has 0 amide bonds. The van der Waals surface area contributed by atoms with Gasteiger partial charge in [-0.15, -0.1) is 0 Å². The third kappa shape index (κ3) is 23.6. The molecular weight excluding hydrogens is 961 g/mol. The van der Waals surface area contributed by atoms with Crippen molar-refractivity contribution in [1.82, 2.24) is 0 Å². The highest BCUT2D eigenvalue weighted by Gasteiger charge is 2.26. The van der Waals surface area contributed by atoms with E-state index in [4.69, 9.17) is 18.9 Å². The molecule has 0 unspecified atom stereocenters. The largest absolute Gasteiger partial charge is 0.371 e. The molecule has 0 aromatic heterocycles. The lowest BCUT2D eigenvalue weighted by molar-refractivity contribution is -0.119. The third-order valence-electron chi connectivity index (χ3n) is 11.3. The van der Waals surface area contributed by atoms with Crippen molar-refractivity contribution in [2.24, 2.45) is 0 Å². The van der Waals surface area contributed by atoms with Gasteiger partial charge in [0, 0.05) is 39.9 Å². The molecule has 390 valence electrons. The van der Waals surface area contributed by atoms with Crippen LogP contribution in [0.1, 0.15) is 235 Å². The van der Waals surface area contributed by atoms with Gasteiger partial charge in [-0.05, 0) is 162 Å². The van der Waals surface area contributed by atoms with Crippen molar-refractivity contribution >= 4 is 49.1 Å². The lowest BCUT2D eigenvalue weighted by Gasteiger charge is -2.28. The van der Waals surface area contributed by atoms with Gasteiger partial charge in [0.1, 0.15) is 11.6 Å². The van der Waals surface area contributed by atoms with E-state index in [0.29, 0.717) is 65.0 Å². The predicted octanol–water partition coefficient (Wildman–Crippen LogP) is 17.9. The summed E-state index contributed by atoms with van der Waals surface area (Å²) < 4.78 is 25.9. The van der Waals surface area contributed by atoms with Crippen molar-refractivity contribution in [3.05, 3.63) is 90.9 Å². The Morgan fingerprint density at radius 3 is 0.884 bits per heavy atom. The molecule has 69 heavy (non-hydrogen) atoms. The van der Waals surface area contributed by atoms with Crippen molar-refractivity contribution in [2.45, 2.75) is 273 Å². The first-order chi connectivity index (χ1) is 31.2. The summed E-state index contributed by atoms with van der Waals surface area (Å²) in [5.41, 5.74) is 9.99. The van der Waals surface area contributed by atoms with Crippen LogP contribution in [0.2, 0.25) is 0 Å². The van der Waals surface area contributed by atoms with Gasteiger partial charge in [-0.3, -0.25) is 9.59 Å². The van der Waals surface area contributed by atoms with E-state index in [1.54, 1.807) is 21.6 Å². The number of carbonyl (C=O) groups excluding carboxylic acids is 2. The van der Waals surface area contributed by atoms with Crippen LogP contribution in [-0.4, -0.2) is 34.0 Å². The quantitative estimate of drug-likeness (QED) is 0.110. The van der Waals surface area contributed by atoms with Crippen LogP contribution >= 0.6 is 37.5 Å². The Morgan fingerprint density at radius 2 is 0.638 bits per heavy atom. The van der Waals surface area contributed by atoms with E-state index in [2.05, 4.69) is 198 Å². The number of rotatable bonds is 19. The SMILES string of the molecule is CC(C)(C)OCc1cc(C(C)(C)C)cc(COC(C)(C)C)c1Br.CCC(=O)CCc1cc(C(C)(C)C)cc(CCC(=O)CC)c1SSc1c(COC(C)(C)C)cc(C(C)(C)C)cc1COC(C)(C)C. The second-order valence-electron chi connectivity index (χ2n) is 25.7. The molecule has 0 heterocycles. The Labute approximate surface area is 438 Å². The zero-order chi connectivity index (χ0) is 53.1. The zero-order valence-corrected chi connectivity index (χ0v) is 50.9. The average Bonchev–Trinajstić information content (AvgIpc) is 3.19. The maximum Gasteiger partial charge on any atom is 0.132 e. The average molecular weight is 1060 g/mol. The van der Waals surface area contributed by atoms with Crippen molar-refractivity contribution in [1.29, 1.82) is 0 Å². The molecule has 0 aliphatic rings. The van der Waals surface area contributed by atoms with E-state index in [1.165, 1.54) is 43.8 Å². The Balaban J connectivity index is 0.000000593. The van der Waals surface area contributed by atoms with Gasteiger partial charge in [-0.25, -0.2) is 0 Å². The number of Topliss-reactive ketones (excluding diaryl/α,β-unsaturated/α-hetero) is 2. The lowest BCUT2D eigenvalue weighted by Crippen LogP contribution is -2.21. The van der Waals surface area contributed by atoms with Crippen LogP contribution in [0.15, 0.2) is 50.7 Å². The molecule has 0 saturated carbocycles. The second-order valence-corrected chi connectivity index (χ2v) is 28.6. The minimum Gasteiger partial charge on any atom is -0.371 e. The van der Waals surface area contributed by atoms with Gasteiger partial charge in [0.15, 0.2) is 0 Å². The van der Waals surface area contributed by atoms with E-state index in [9.17, 15) is 9.59 Å². The van der Waals surface area contributed by atoms with Crippen LogP contribution in [0.5, 0.6) is 0 Å². The lowest BCUT2D eigenvalue weighted by atomic mass is 9.83. The molecule has 0 N–H and O–H groups in total. The molecule has 9 heteroatoms. The predicted molar refractivity (Wildman–Crippen MR) is 300 cm³/mol. The number of aryl methyl sites for hydroxylation is 2. The summed E-state index contributed by atoms with van der Waals surface area (Å²) in [5, 5.41) is 0. The van der Waals surface area contributed by atoms with Crippen molar-refractivity contribution in [2.75, 3.05) is 0 Å². The van der Waals surface area contributed by atoms with E-state index in [1.807, 2.05) is 13.8 Å². The summed E-state index contributed by atoms with van der Waals surface area (Å²) in [6.45, 7) is 51.2. The van der Waals surface area contributed by atoms with Crippen LogP contribution in [0.25, 0.3) is 0 Å². The molecule has 0 aliphatic heterocycles. The van der Waals surface area contributed by atoms with Crippen LogP contribution in [0, 0.1) is 0 Å². The molecule has 3 aromatic carbocycles. The fourth-order valence-corrected chi connectivity index (χ4v) is 10.1. The van der Waals surface area contributed by atoms with Crippen LogP contribution < -0.4 is 0 Å². The standard InChI is InChI=1S/C40H62O4S2.C20H33BrO2/c1-15-33(41)19-17-27-21-31(37(3,4)5)22-28(18-20-34(42)16-2)35(27)45-46-36-29(25-43-39(9,10)11)23-32(38(6,7)8)24-30(36)26-44-40(12,13)14;1-18(2,3)16-10-14(12-22-19(4,5)6)17(21)15(11-16)13-23-20(7,8)9/h21-24H,15-20,25-26H2,1-14H3;10-11H,12-13H2,1-9H3. The highest BCUT2D eigenvalue weighted by molar-refractivity contribution is 9.10. The second kappa shape index (κ2) is 25.8. The Bertz CT molecular complexity index is 2020. The smallest absolute Gasteiger partial charge is 0.132 e. The summed E-state index contributed by atoms with van der Waals surface area (Å²) in [4.78, 5) is 27.4. The van der Waals surface area contributed by atoms with Crippen LogP contribution in [0.3, 0.4) is 0 Å². The molecule has 0 spiro atoms. The Hall–Kier alpha value is -1.98. The van der Waals surface area contributed by atoms with Gasteiger partial charge in [-0.2, -0.15) is 0 Å². The minimum absolute atomic E-state index is 0.0376. The van der Waals surface area contributed by atoms with Crippen molar-refractivity contribution in [3.63, 3.8) is 0 Å². The van der Waals surface area contributed by atoms with Gasteiger partial charge < -0.3 is 18.9 Å². The topological polar surface area (TPSA) is 71.1 Å². The Kier molecular flexibility index (Phi) is 23.6. The van der Waals surface area contributed by atoms with Gasteiger partial charge in [0.25, 0.3) is 0 Å². The maximum absolute atomic E-state index is 12.5. The molecule has 0 aliphatic carbocycles. The van der Waals surface area contributed by atoms with E-state index in [0.717, 1.165) is 20.5 Å². The van der Waals surface area contributed by atoms with E-state index in [-0.39, 0.29) is 50.2 Å². The van der Waals surface area contributed by atoms with E-state index < -0.39 is 0 Å². The number of carbonyl (C=O) groups is 2. The summed E-state index contributed by atoms with van der Waals surface area (Å²) >= 11 is 3.76. The number of hydrogen-bond acceptors (Lipinski definition) is 8. The summed E-state index contributed by atoms with van der Waals surface area (Å²) in [6, 6.07) is 13.7. The minimum atomic E-state index is -0.282. The van der Waals surface area contributed by atoms with Crippen LogP contribution in [-0.2, 0) is 84.1 Å².